The molecule has 1 unspecified atom stereocenters. The lowest BCUT2D eigenvalue weighted by atomic mass is 10.1. The van der Waals surface area contributed by atoms with Gasteiger partial charge < -0.3 is 10.2 Å². The summed E-state index contributed by atoms with van der Waals surface area (Å²) in [5, 5.41) is 2.13. The van der Waals surface area contributed by atoms with E-state index in [0.29, 0.717) is 12.6 Å². The Morgan fingerprint density at radius 1 is 1.42 bits per heavy atom. The molecule has 1 aliphatic carbocycles. The molecule has 0 bridgehead atoms. The number of nitrogens with zero attached hydrogens (tertiary/aromatic N) is 1. The van der Waals surface area contributed by atoms with Crippen LogP contribution in [0, 0.1) is 6.92 Å². The Morgan fingerprint density at radius 2 is 2.26 bits per heavy atom. The minimum absolute atomic E-state index is 0.198. The van der Waals surface area contributed by atoms with Crippen molar-refractivity contribution < 1.29 is 4.42 Å². The zero-order valence-electron chi connectivity index (χ0n) is 11.2. The second-order valence-electron chi connectivity index (χ2n) is 5.18. The van der Waals surface area contributed by atoms with Gasteiger partial charge in [0.2, 0.25) is 0 Å². The number of nitrogens with two attached hydrogens (primary N) is 1. The maximum absolute atomic E-state index is 6.01. The second kappa shape index (κ2) is 5.49. The van der Waals surface area contributed by atoms with Gasteiger partial charge in [-0.05, 0) is 43.3 Å². The number of thiophene rings is 1. The summed E-state index contributed by atoms with van der Waals surface area (Å²) >= 11 is 1.81. The van der Waals surface area contributed by atoms with Gasteiger partial charge >= 0.3 is 0 Å². The van der Waals surface area contributed by atoms with E-state index in [1.807, 2.05) is 24.3 Å². The molecule has 0 saturated heterocycles. The van der Waals surface area contributed by atoms with E-state index in [1.165, 1.54) is 17.7 Å². The highest BCUT2D eigenvalue weighted by atomic mass is 32.1. The molecule has 0 amide bonds. The quantitative estimate of drug-likeness (QED) is 0.880. The first-order chi connectivity index (χ1) is 9.28. The van der Waals surface area contributed by atoms with Crippen LogP contribution in [0.4, 0.5) is 0 Å². The van der Waals surface area contributed by atoms with Gasteiger partial charge in [0.25, 0.3) is 0 Å². The van der Waals surface area contributed by atoms with Gasteiger partial charge in [0.15, 0.2) is 0 Å². The van der Waals surface area contributed by atoms with Gasteiger partial charge in [-0.2, -0.15) is 0 Å². The summed E-state index contributed by atoms with van der Waals surface area (Å²) in [5.41, 5.74) is 6.01. The van der Waals surface area contributed by atoms with Gasteiger partial charge in [-0.1, -0.05) is 6.07 Å². The lowest BCUT2D eigenvalue weighted by molar-refractivity contribution is 0.161. The molecule has 1 aliphatic rings. The summed E-state index contributed by atoms with van der Waals surface area (Å²) in [7, 11) is 0. The fraction of sp³-hybridized carbons (Fsp3) is 0.467. The maximum atomic E-state index is 6.01. The molecule has 0 aliphatic heterocycles. The molecule has 0 spiro atoms. The van der Waals surface area contributed by atoms with Crippen LogP contribution in [-0.2, 0) is 6.54 Å². The Bertz CT molecular complexity index is 516. The third kappa shape index (κ3) is 2.91. The number of aryl methyl sites for hydroxylation is 1. The van der Waals surface area contributed by atoms with E-state index in [-0.39, 0.29) is 6.04 Å². The molecule has 1 atom stereocenters. The van der Waals surface area contributed by atoms with Crippen LogP contribution in [0.3, 0.4) is 0 Å². The Hall–Kier alpha value is -1.10. The number of hydrogen-bond donors (Lipinski definition) is 1. The summed E-state index contributed by atoms with van der Waals surface area (Å²) in [6.45, 7) is 3.57. The van der Waals surface area contributed by atoms with Crippen molar-refractivity contribution in [2.24, 2.45) is 5.73 Å². The number of furan rings is 1. The highest BCUT2D eigenvalue weighted by Crippen LogP contribution is 2.36. The fourth-order valence-corrected chi connectivity index (χ4v) is 3.24. The summed E-state index contributed by atoms with van der Waals surface area (Å²) in [6, 6.07) is 9.26. The molecule has 1 saturated carbocycles. The molecule has 2 aromatic heterocycles. The van der Waals surface area contributed by atoms with Crippen molar-refractivity contribution in [1.82, 2.24) is 4.90 Å². The number of rotatable bonds is 6. The second-order valence-corrected chi connectivity index (χ2v) is 6.22. The van der Waals surface area contributed by atoms with Gasteiger partial charge in [0.05, 0.1) is 6.04 Å². The van der Waals surface area contributed by atoms with Crippen LogP contribution in [0.15, 0.2) is 34.1 Å². The molecule has 3 rings (SSSR count). The van der Waals surface area contributed by atoms with Crippen LogP contribution < -0.4 is 5.73 Å². The van der Waals surface area contributed by atoms with E-state index in [9.17, 15) is 0 Å². The normalized spacial score (nSPS) is 17.0. The smallest absolute Gasteiger partial charge is 0.122 e. The van der Waals surface area contributed by atoms with Crippen molar-refractivity contribution >= 4 is 11.3 Å². The Balaban J connectivity index is 1.81. The first kappa shape index (κ1) is 12.9. The molecule has 2 aromatic rings. The molecule has 19 heavy (non-hydrogen) atoms. The van der Waals surface area contributed by atoms with Crippen molar-refractivity contribution in [3.05, 3.63) is 46.0 Å². The summed E-state index contributed by atoms with van der Waals surface area (Å²) in [5.74, 6) is 1.96. The largest absolute Gasteiger partial charge is 0.465 e. The van der Waals surface area contributed by atoms with Crippen LogP contribution in [-0.4, -0.2) is 17.5 Å². The predicted octanol–water partition coefficient (Wildman–Crippen LogP) is 3.31. The first-order valence-electron chi connectivity index (χ1n) is 6.82. The molecule has 0 aromatic carbocycles. The average molecular weight is 276 g/mol. The van der Waals surface area contributed by atoms with E-state index in [1.54, 1.807) is 0 Å². The Labute approximate surface area is 118 Å². The summed E-state index contributed by atoms with van der Waals surface area (Å²) < 4.78 is 5.80. The van der Waals surface area contributed by atoms with Crippen LogP contribution >= 0.6 is 11.3 Å². The molecule has 1 fully saturated rings. The third-order valence-corrected chi connectivity index (χ3v) is 4.51. The van der Waals surface area contributed by atoms with E-state index in [0.717, 1.165) is 18.1 Å². The molecule has 3 nitrogen and oxygen atoms in total. The third-order valence-electron chi connectivity index (χ3n) is 3.65. The monoisotopic (exact) mass is 276 g/mol. The van der Waals surface area contributed by atoms with Crippen molar-refractivity contribution in [3.63, 3.8) is 0 Å². The van der Waals surface area contributed by atoms with Crippen molar-refractivity contribution in [1.29, 1.82) is 0 Å². The van der Waals surface area contributed by atoms with E-state index < -0.39 is 0 Å². The van der Waals surface area contributed by atoms with Crippen LogP contribution in [0.25, 0.3) is 0 Å². The van der Waals surface area contributed by atoms with Crippen LogP contribution in [0.5, 0.6) is 0 Å². The highest BCUT2D eigenvalue weighted by molar-refractivity contribution is 7.09. The van der Waals surface area contributed by atoms with E-state index in [4.69, 9.17) is 10.2 Å². The standard InChI is InChI=1S/C15H20N2OS/c1-11-4-7-15(18-11)14(9-16)17(12-5-6-12)10-13-3-2-8-19-13/h2-4,7-8,12,14H,5-6,9-10,16H2,1H3. The Kier molecular flexibility index (Phi) is 3.73. The maximum Gasteiger partial charge on any atom is 0.122 e. The predicted molar refractivity (Wildman–Crippen MR) is 78.1 cm³/mol. The molecule has 2 heterocycles. The molecule has 102 valence electrons. The zero-order valence-corrected chi connectivity index (χ0v) is 12.0. The zero-order chi connectivity index (χ0) is 13.2. The summed E-state index contributed by atoms with van der Waals surface area (Å²) in [6.07, 6.45) is 2.56. The van der Waals surface area contributed by atoms with Gasteiger partial charge in [-0.15, -0.1) is 11.3 Å². The van der Waals surface area contributed by atoms with Gasteiger partial charge in [-0.3, -0.25) is 4.90 Å². The average Bonchev–Trinajstić information content (AvgIpc) is 2.95. The molecule has 2 N–H and O–H groups in total. The van der Waals surface area contributed by atoms with Crippen molar-refractivity contribution in [2.45, 2.75) is 38.4 Å². The van der Waals surface area contributed by atoms with Crippen molar-refractivity contribution in [3.8, 4) is 0 Å². The molecule has 0 radical (unpaired) electrons. The summed E-state index contributed by atoms with van der Waals surface area (Å²) in [4.78, 5) is 3.90. The van der Waals surface area contributed by atoms with Crippen LogP contribution in [0.1, 0.15) is 35.3 Å². The lowest BCUT2D eigenvalue weighted by Crippen LogP contribution is -2.34. The number of hydrogen-bond acceptors (Lipinski definition) is 4. The SMILES string of the molecule is Cc1ccc(C(CN)N(Cc2cccs2)C2CC2)o1. The minimum Gasteiger partial charge on any atom is -0.465 e. The molecule has 4 heteroatoms. The fourth-order valence-electron chi connectivity index (χ4n) is 2.53. The van der Waals surface area contributed by atoms with Crippen LogP contribution in [0.2, 0.25) is 0 Å². The molecular formula is C15H20N2OS. The highest BCUT2D eigenvalue weighted by Gasteiger charge is 2.35. The van der Waals surface area contributed by atoms with Gasteiger partial charge in [0.1, 0.15) is 11.5 Å². The van der Waals surface area contributed by atoms with E-state index in [2.05, 4.69) is 28.5 Å². The first-order valence-corrected chi connectivity index (χ1v) is 7.70. The topological polar surface area (TPSA) is 42.4 Å². The molecular weight excluding hydrogens is 256 g/mol. The van der Waals surface area contributed by atoms with Crippen molar-refractivity contribution in [2.75, 3.05) is 6.54 Å². The lowest BCUT2D eigenvalue weighted by Gasteiger charge is -2.29. The van der Waals surface area contributed by atoms with Gasteiger partial charge in [-0.25, -0.2) is 0 Å². The van der Waals surface area contributed by atoms with Gasteiger partial charge in [0, 0.05) is 24.0 Å². The minimum atomic E-state index is 0.198. The van der Waals surface area contributed by atoms with E-state index >= 15 is 0 Å². The Morgan fingerprint density at radius 3 is 2.79 bits per heavy atom.